The molecule has 0 atom stereocenters. The van der Waals surface area contributed by atoms with Crippen molar-refractivity contribution in [1.29, 1.82) is 0 Å². The van der Waals surface area contributed by atoms with Gasteiger partial charge in [-0.15, -0.1) is 0 Å². The highest BCUT2D eigenvalue weighted by Gasteiger charge is 2.19. The van der Waals surface area contributed by atoms with Gasteiger partial charge >= 0.3 is 0 Å². The number of hydrogen-bond donors (Lipinski definition) is 1. The SMILES string of the molecule is O=C1Nc2ccc(Cl)cc2Sc2ccccc21. The third-order valence-corrected chi connectivity index (χ3v) is 3.91. The third kappa shape index (κ3) is 1.92. The normalized spacial score (nSPS) is 13.4. The number of fused-ring (bicyclic) bond motifs is 2. The standard InChI is InChI=1S/C13H8ClNOS/c14-8-5-6-10-12(7-8)17-11-4-2-1-3-9(11)13(16)15-10/h1-7H,(H,15,16). The van der Waals surface area contributed by atoms with E-state index in [9.17, 15) is 4.79 Å². The van der Waals surface area contributed by atoms with Gasteiger partial charge in [-0.05, 0) is 30.3 Å². The lowest BCUT2D eigenvalue weighted by molar-refractivity contribution is 0.102. The molecule has 0 fully saturated rings. The van der Waals surface area contributed by atoms with Gasteiger partial charge in [0.15, 0.2) is 0 Å². The number of anilines is 1. The van der Waals surface area contributed by atoms with E-state index >= 15 is 0 Å². The molecule has 4 heteroatoms. The molecule has 1 aliphatic heterocycles. The van der Waals surface area contributed by atoms with E-state index in [0.29, 0.717) is 10.6 Å². The minimum absolute atomic E-state index is 0.0748. The second-order valence-electron chi connectivity index (χ2n) is 3.69. The molecule has 17 heavy (non-hydrogen) atoms. The molecule has 1 N–H and O–H groups in total. The van der Waals surface area contributed by atoms with Crippen LogP contribution in [0.3, 0.4) is 0 Å². The maximum Gasteiger partial charge on any atom is 0.256 e. The van der Waals surface area contributed by atoms with Gasteiger partial charge in [0, 0.05) is 14.8 Å². The minimum atomic E-state index is -0.0748. The molecule has 0 saturated heterocycles. The first-order valence-corrected chi connectivity index (χ1v) is 6.31. The van der Waals surface area contributed by atoms with Gasteiger partial charge in [-0.1, -0.05) is 35.5 Å². The summed E-state index contributed by atoms with van der Waals surface area (Å²) in [6.07, 6.45) is 0. The molecule has 0 unspecified atom stereocenters. The fourth-order valence-corrected chi connectivity index (χ4v) is 3.04. The average Bonchev–Trinajstić information content (AvgIpc) is 2.46. The van der Waals surface area contributed by atoms with Crippen LogP contribution in [0.4, 0.5) is 5.69 Å². The van der Waals surface area contributed by atoms with Crippen molar-refractivity contribution in [3.63, 3.8) is 0 Å². The van der Waals surface area contributed by atoms with Gasteiger partial charge in [-0.3, -0.25) is 4.79 Å². The average molecular weight is 262 g/mol. The fourth-order valence-electron chi connectivity index (χ4n) is 1.74. The molecular formula is C13H8ClNOS. The summed E-state index contributed by atoms with van der Waals surface area (Å²) in [6, 6.07) is 13.0. The molecular weight excluding hydrogens is 254 g/mol. The second kappa shape index (κ2) is 4.09. The first-order valence-electron chi connectivity index (χ1n) is 5.12. The maximum absolute atomic E-state index is 12.0. The van der Waals surface area contributed by atoms with E-state index in [0.717, 1.165) is 15.5 Å². The first-order chi connectivity index (χ1) is 8.24. The Morgan fingerprint density at radius 2 is 1.88 bits per heavy atom. The molecule has 2 aromatic carbocycles. The van der Waals surface area contributed by atoms with E-state index in [2.05, 4.69) is 5.32 Å². The Labute approximate surface area is 108 Å². The smallest absolute Gasteiger partial charge is 0.256 e. The Morgan fingerprint density at radius 3 is 2.76 bits per heavy atom. The Morgan fingerprint density at radius 1 is 1.06 bits per heavy atom. The second-order valence-corrected chi connectivity index (χ2v) is 5.21. The number of rotatable bonds is 0. The molecule has 84 valence electrons. The number of carbonyl (C=O) groups excluding carboxylic acids is 1. The summed E-state index contributed by atoms with van der Waals surface area (Å²) in [5.74, 6) is -0.0748. The van der Waals surface area contributed by atoms with Gasteiger partial charge in [0.25, 0.3) is 5.91 Å². The molecule has 2 aromatic rings. The Hall–Kier alpha value is -1.45. The Kier molecular flexibility index (Phi) is 2.57. The molecule has 3 rings (SSSR count). The maximum atomic E-state index is 12.0. The number of benzene rings is 2. The van der Waals surface area contributed by atoms with Crippen LogP contribution in [0.15, 0.2) is 52.3 Å². The van der Waals surface area contributed by atoms with E-state index in [1.807, 2.05) is 36.4 Å². The predicted octanol–water partition coefficient (Wildman–Crippen LogP) is 4.06. The van der Waals surface area contributed by atoms with Gasteiger partial charge in [-0.25, -0.2) is 0 Å². The summed E-state index contributed by atoms with van der Waals surface area (Å²) in [6.45, 7) is 0. The topological polar surface area (TPSA) is 29.1 Å². The summed E-state index contributed by atoms with van der Waals surface area (Å²) in [5, 5.41) is 3.56. The number of carbonyl (C=O) groups is 1. The van der Waals surface area contributed by atoms with Crippen LogP contribution in [0.25, 0.3) is 0 Å². The van der Waals surface area contributed by atoms with E-state index in [-0.39, 0.29) is 5.91 Å². The fraction of sp³-hybridized carbons (Fsp3) is 0. The highest BCUT2D eigenvalue weighted by atomic mass is 35.5. The van der Waals surface area contributed by atoms with Crippen LogP contribution in [0.5, 0.6) is 0 Å². The van der Waals surface area contributed by atoms with Crippen LogP contribution in [-0.2, 0) is 0 Å². The molecule has 0 aliphatic carbocycles. The zero-order valence-corrected chi connectivity index (χ0v) is 10.3. The summed E-state index contributed by atoms with van der Waals surface area (Å²) >= 11 is 7.52. The Bertz CT molecular complexity index is 612. The molecule has 1 heterocycles. The van der Waals surface area contributed by atoms with Crippen LogP contribution in [0, 0.1) is 0 Å². The van der Waals surface area contributed by atoms with E-state index in [4.69, 9.17) is 11.6 Å². The molecule has 0 spiro atoms. The molecule has 0 saturated carbocycles. The summed E-state index contributed by atoms with van der Waals surface area (Å²) in [5.41, 5.74) is 1.51. The number of halogens is 1. The third-order valence-electron chi connectivity index (χ3n) is 2.54. The van der Waals surface area contributed by atoms with Crippen LogP contribution in [-0.4, -0.2) is 5.91 Å². The summed E-state index contributed by atoms with van der Waals surface area (Å²) in [7, 11) is 0. The quantitative estimate of drug-likeness (QED) is 0.775. The predicted molar refractivity (Wildman–Crippen MR) is 70.0 cm³/mol. The van der Waals surface area contributed by atoms with Crippen molar-refractivity contribution in [3.05, 3.63) is 53.1 Å². The first kappa shape index (κ1) is 10.7. The molecule has 1 amide bonds. The van der Waals surface area contributed by atoms with Gasteiger partial charge in [0.2, 0.25) is 0 Å². The van der Waals surface area contributed by atoms with Gasteiger partial charge in [0.1, 0.15) is 0 Å². The Balaban J connectivity index is 2.18. The summed E-state index contributed by atoms with van der Waals surface area (Å²) < 4.78 is 0. The minimum Gasteiger partial charge on any atom is -0.321 e. The van der Waals surface area contributed by atoms with Crippen molar-refractivity contribution in [2.45, 2.75) is 9.79 Å². The van der Waals surface area contributed by atoms with Crippen molar-refractivity contribution in [2.24, 2.45) is 0 Å². The molecule has 0 radical (unpaired) electrons. The lowest BCUT2D eigenvalue weighted by atomic mass is 10.2. The highest BCUT2D eigenvalue weighted by molar-refractivity contribution is 7.99. The zero-order valence-electron chi connectivity index (χ0n) is 8.74. The van der Waals surface area contributed by atoms with E-state index < -0.39 is 0 Å². The number of amides is 1. The molecule has 0 bridgehead atoms. The van der Waals surface area contributed by atoms with Crippen LogP contribution in [0.1, 0.15) is 10.4 Å². The molecule has 2 nitrogen and oxygen atoms in total. The van der Waals surface area contributed by atoms with Gasteiger partial charge in [-0.2, -0.15) is 0 Å². The van der Waals surface area contributed by atoms with Crippen molar-refractivity contribution < 1.29 is 4.79 Å². The lowest BCUT2D eigenvalue weighted by Crippen LogP contribution is -2.11. The molecule has 0 aromatic heterocycles. The van der Waals surface area contributed by atoms with Crippen LogP contribution in [0.2, 0.25) is 5.02 Å². The van der Waals surface area contributed by atoms with Crippen LogP contribution < -0.4 is 5.32 Å². The van der Waals surface area contributed by atoms with Crippen molar-refractivity contribution >= 4 is 35.0 Å². The lowest BCUT2D eigenvalue weighted by Gasteiger charge is -2.05. The van der Waals surface area contributed by atoms with Crippen molar-refractivity contribution in [1.82, 2.24) is 0 Å². The van der Waals surface area contributed by atoms with Gasteiger partial charge in [0.05, 0.1) is 11.3 Å². The number of hydrogen-bond acceptors (Lipinski definition) is 2. The van der Waals surface area contributed by atoms with E-state index in [1.54, 1.807) is 17.8 Å². The van der Waals surface area contributed by atoms with E-state index in [1.165, 1.54) is 0 Å². The monoisotopic (exact) mass is 261 g/mol. The largest absolute Gasteiger partial charge is 0.321 e. The van der Waals surface area contributed by atoms with Crippen molar-refractivity contribution in [3.8, 4) is 0 Å². The molecule has 1 aliphatic rings. The van der Waals surface area contributed by atoms with Crippen molar-refractivity contribution in [2.75, 3.05) is 5.32 Å². The van der Waals surface area contributed by atoms with Gasteiger partial charge < -0.3 is 5.32 Å². The number of nitrogens with one attached hydrogen (secondary N) is 1. The zero-order chi connectivity index (χ0) is 11.8. The highest BCUT2D eigenvalue weighted by Crippen LogP contribution is 2.39. The van der Waals surface area contributed by atoms with Crippen LogP contribution >= 0.6 is 23.4 Å². The summed E-state index contributed by atoms with van der Waals surface area (Å²) in [4.78, 5) is 13.9.